The first-order valence-electron chi connectivity index (χ1n) is 7.84. The summed E-state index contributed by atoms with van der Waals surface area (Å²) in [5.74, 6) is 0. The van der Waals surface area contributed by atoms with Crippen LogP contribution in [0.15, 0.2) is 0 Å². The van der Waals surface area contributed by atoms with Crippen molar-refractivity contribution < 1.29 is 8.78 Å². The maximum absolute atomic E-state index is 13.0. The van der Waals surface area contributed by atoms with Gasteiger partial charge in [-0.15, -0.1) is 0 Å². The van der Waals surface area contributed by atoms with Crippen LogP contribution in [-0.4, -0.2) is 42.0 Å². The van der Waals surface area contributed by atoms with Gasteiger partial charge >= 0.3 is 0 Å². The Labute approximate surface area is 115 Å². The van der Waals surface area contributed by atoms with Crippen molar-refractivity contribution in [2.24, 2.45) is 0 Å². The summed E-state index contributed by atoms with van der Waals surface area (Å²) in [5, 5.41) is 3.71. The topological polar surface area (TPSA) is 15.3 Å². The van der Waals surface area contributed by atoms with Gasteiger partial charge in [-0.1, -0.05) is 33.1 Å². The summed E-state index contributed by atoms with van der Waals surface area (Å²) in [4.78, 5) is 2.13. The van der Waals surface area contributed by atoms with E-state index in [4.69, 9.17) is 0 Å². The van der Waals surface area contributed by atoms with Crippen LogP contribution in [0.2, 0.25) is 0 Å². The molecule has 0 bridgehead atoms. The molecule has 112 valence electrons. The fourth-order valence-electron chi connectivity index (χ4n) is 3.90. The van der Waals surface area contributed by atoms with Crippen molar-refractivity contribution in [3.05, 3.63) is 0 Å². The molecule has 2 fully saturated rings. The largest absolute Gasteiger partial charge is 0.308 e. The van der Waals surface area contributed by atoms with Crippen LogP contribution in [0.3, 0.4) is 0 Å². The SMILES string of the molecule is CCC1(CC)CN(CC(F)F)C2(CCCCC2)CN1. The summed E-state index contributed by atoms with van der Waals surface area (Å²) in [6, 6.07) is 0. The minimum absolute atomic E-state index is 0.00250. The average Bonchev–Trinajstić information content (AvgIpc) is 2.42. The summed E-state index contributed by atoms with van der Waals surface area (Å²) in [7, 11) is 0. The van der Waals surface area contributed by atoms with Gasteiger partial charge in [-0.2, -0.15) is 0 Å². The smallest absolute Gasteiger partial charge is 0.251 e. The van der Waals surface area contributed by atoms with Crippen molar-refractivity contribution in [1.82, 2.24) is 10.2 Å². The molecule has 0 aromatic carbocycles. The molecule has 0 unspecified atom stereocenters. The molecule has 0 atom stereocenters. The molecule has 4 heteroatoms. The lowest BCUT2D eigenvalue weighted by Gasteiger charge is -2.56. The van der Waals surface area contributed by atoms with Gasteiger partial charge in [0.2, 0.25) is 0 Å². The lowest BCUT2D eigenvalue weighted by Crippen LogP contribution is -2.70. The zero-order valence-electron chi connectivity index (χ0n) is 12.4. The van der Waals surface area contributed by atoms with Gasteiger partial charge in [0, 0.05) is 24.2 Å². The summed E-state index contributed by atoms with van der Waals surface area (Å²) < 4.78 is 25.9. The van der Waals surface area contributed by atoms with Crippen molar-refractivity contribution in [1.29, 1.82) is 0 Å². The molecule has 1 aliphatic heterocycles. The van der Waals surface area contributed by atoms with Crippen molar-refractivity contribution >= 4 is 0 Å². The second-order valence-corrected chi connectivity index (χ2v) is 6.40. The molecule has 0 aromatic heterocycles. The number of hydrogen-bond acceptors (Lipinski definition) is 2. The van der Waals surface area contributed by atoms with Crippen LogP contribution in [0.5, 0.6) is 0 Å². The Morgan fingerprint density at radius 3 is 2.26 bits per heavy atom. The van der Waals surface area contributed by atoms with Crippen molar-refractivity contribution in [3.8, 4) is 0 Å². The molecule has 19 heavy (non-hydrogen) atoms. The highest BCUT2D eigenvalue weighted by Crippen LogP contribution is 2.38. The second kappa shape index (κ2) is 6.04. The molecule has 1 N–H and O–H groups in total. The molecular formula is C15H28F2N2. The average molecular weight is 274 g/mol. The Hall–Kier alpha value is -0.220. The lowest BCUT2D eigenvalue weighted by molar-refractivity contribution is -0.0517. The number of rotatable bonds is 4. The number of halogens is 2. The minimum Gasteiger partial charge on any atom is -0.308 e. The zero-order valence-corrected chi connectivity index (χ0v) is 12.4. The summed E-state index contributed by atoms with van der Waals surface area (Å²) in [5.41, 5.74) is 0.0418. The van der Waals surface area contributed by atoms with Crippen molar-refractivity contribution in [3.63, 3.8) is 0 Å². The fourth-order valence-corrected chi connectivity index (χ4v) is 3.90. The maximum Gasteiger partial charge on any atom is 0.251 e. The molecule has 1 saturated carbocycles. The fraction of sp³-hybridized carbons (Fsp3) is 1.00. The highest BCUT2D eigenvalue weighted by atomic mass is 19.3. The Kier molecular flexibility index (Phi) is 4.83. The molecule has 0 aromatic rings. The molecule has 1 heterocycles. The van der Waals surface area contributed by atoms with Gasteiger partial charge in [-0.3, -0.25) is 4.90 Å². The van der Waals surface area contributed by atoms with Crippen LogP contribution in [0.25, 0.3) is 0 Å². The second-order valence-electron chi connectivity index (χ2n) is 6.40. The Balaban J connectivity index is 2.15. The first-order chi connectivity index (χ1) is 9.06. The van der Waals surface area contributed by atoms with Gasteiger partial charge < -0.3 is 5.32 Å². The first kappa shape index (κ1) is 15.2. The van der Waals surface area contributed by atoms with E-state index in [0.29, 0.717) is 0 Å². The quantitative estimate of drug-likeness (QED) is 0.845. The van der Waals surface area contributed by atoms with E-state index < -0.39 is 6.43 Å². The molecule has 2 aliphatic rings. The summed E-state index contributed by atoms with van der Waals surface area (Å²) in [6.45, 7) is 5.95. The number of nitrogens with one attached hydrogen (secondary N) is 1. The summed E-state index contributed by atoms with van der Waals surface area (Å²) >= 11 is 0. The molecule has 1 aliphatic carbocycles. The van der Waals surface area contributed by atoms with E-state index in [9.17, 15) is 8.78 Å². The third-order valence-electron chi connectivity index (χ3n) is 5.45. The number of alkyl halides is 2. The molecule has 1 spiro atoms. The molecule has 0 radical (unpaired) electrons. The van der Waals surface area contributed by atoms with Gasteiger partial charge in [0.15, 0.2) is 0 Å². The van der Waals surface area contributed by atoms with Gasteiger partial charge in [0.25, 0.3) is 6.43 Å². The molecule has 1 saturated heterocycles. The molecular weight excluding hydrogens is 246 g/mol. The van der Waals surface area contributed by atoms with Crippen LogP contribution in [-0.2, 0) is 0 Å². The standard InChI is InChI=1S/C15H28F2N2/c1-3-14(4-2)12-19(10-13(16)17)15(11-18-14)8-6-5-7-9-15/h13,18H,3-12H2,1-2H3. The van der Waals surface area contributed by atoms with Crippen LogP contribution >= 0.6 is 0 Å². The predicted molar refractivity (Wildman–Crippen MR) is 74.7 cm³/mol. The van der Waals surface area contributed by atoms with E-state index in [-0.39, 0.29) is 17.6 Å². The molecule has 2 nitrogen and oxygen atoms in total. The van der Waals surface area contributed by atoms with E-state index in [2.05, 4.69) is 24.1 Å². The highest BCUT2D eigenvalue weighted by molar-refractivity contribution is 5.05. The third kappa shape index (κ3) is 3.10. The predicted octanol–water partition coefficient (Wildman–Crippen LogP) is 3.42. The van der Waals surface area contributed by atoms with Gasteiger partial charge in [0.05, 0.1) is 6.54 Å². The first-order valence-corrected chi connectivity index (χ1v) is 7.84. The number of hydrogen-bond donors (Lipinski definition) is 1. The monoisotopic (exact) mass is 274 g/mol. The van der Waals surface area contributed by atoms with Gasteiger partial charge in [-0.05, 0) is 25.7 Å². The Morgan fingerprint density at radius 2 is 1.74 bits per heavy atom. The van der Waals surface area contributed by atoms with E-state index in [1.54, 1.807) is 0 Å². The number of nitrogens with zero attached hydrogens (tertiary/aromatic N) is 1. The normalized spacial score (nSPS) is 27.0. The lowest BCUT2D eigenvalue weighted by atomic mass is 9.75. The van der Waals surface area contributed by atoms with E-state index in [0.717, 1.165) is 38.8 Å². The van der Waals surface area contributed by atoms with E-state index in [1.165, 1.54) is 19.3 Å². The number of piperazine rings is 1. The van der Waals surface area contributed by atoms with Crippen LogP contribution in [0.4, 0.5) is 8.78 Å². The summed E-state index contributed by atoms with van der Waals surface area (Å²) in [6.07, 6.45) is 5.60. The zero-order chi connectivity index (χ0) is 13.9. The van der Waals surface area contributed by atoms with Crippen LogP contribution < -0.4 is 5.32 Å². The molecule has 0 amide bonds. The third-order valence-corrected chi connectivity index (χ3v) is 5.45. The van der Waals surface area contributed by atoms with Crippen LogP contribution in [0.1, 0.15) is 58.8 Å². The molecule has 2 rings (SSSR count). The van der Waals surface area contributed by atoms with Gasteiger partial charge in [0.1, 0.15) is 0 Å². The van der Waals surface area contributed by atoms with E-state index in [1.807, 2.05) is 0 Å². The van der Waals surface area contributed by atoms with Crippen molar-refractivity contribution in [2.75, 3.05) is 19.6 Å². The highest BCUT2D eigenvalue weighted by Gasteiger charge is 2.46. The van der Waals surface area contributed by atoms with Gasteiger partial charge in [-0.25, -0.2) is 8.78 Å². The van der Waals surface area contributed by atoms with Crippen LogP contribution in [0, 0.1) is 0 Å². The minimum atomic E-state index is -2.22. The Morgan fingerprint density at radius 1 is 1.11 bits per heavy atom. The Bertz CT molecular complexity index is 284. The maximum atomic E-state index is 13.0. The van der Waals surface area contributed by atoms with Crippen molar-refractivity contribution in [2.45, 2.75) is 76.3 Å². The van der Waals surface area contributed by atoms with E-state index >= 15 is 0 Å².